The van der Waals surface area contributed by atoms with E-state index in [-0.39, 0.29) is 5.41 Å². The molecule has 2 heterocycles. The van der Waals surface area contributed by atoms with Gasteiger partial charge in [-0.05, 0) is 44.5 Å². The highest BCUT2D eigenvalue weighted by atomic mass is 32.2. The molecule has 0 spiro atoms. The van der Waals surface area contributed by atoms with Gasteiger partial charge >= 0.3 is 10.2 Å². The molecule has 1 saturated heterocycles. The highest BCUT2D eigenvalue weighted by molar-refractivity contribution is 7.87. The van der Waals surface area contributed by atoms with Crippen molar-refractivity contribution in [2.75, 3.05) is 26.7 Å². The first-order valence-corrected chi connectivity index (χ1v) is 8.83. The van der Waals surface area contributed by atoms with E-state index < -0.39 is 10.2 Å². The van der Waals surface area contributed by atoms with Crippen LogP contribution in [-0.4, -0.2) is 39.4 Å². The van der Waals surface area contributed by atoms with E-state index in [2.05, 4.69) is 29.6 Å². The summed E-state index contributed by atoms with van der Waals surface area (Å²) in [4.78, 5) is 0. The summed E-state index contributed by atoms with van der Waals surface area (Å²) in [6, 6.07) is 0. The van der Waals surface area contributed by atoms with E-state index in [4.69, 9.17) is 0 Å². The first kappa shape index (κ1) is 16.3. The third kappa shape index (κ3) is 2.67. The first-order valence-electron chi connectivity index (χ1n) is 7.39. The van der Waals surface area contributed by atoms with Crippen molar-refractivity contribution < 1.29 is 8.42 Å². The molecule has 0 bridgehead atoms. The average molecular weight is 311 g/mol. The van der Waals surface area contributed by atoms with E-state index in [9.17, 15) is 8.42 Å². The summed E-state index contributed by atoms with van der Waals surface area (Å²) in [5.41, 5.74) is 2.60. The Labute approximate surface area is 128 Å². The van der Waals surface area contributed by atoms with E-state index in [0.29, 0.717) is 13.1 Å². The number of allylic oxidation sites excluding steroid dienone is 2. The Kier molecular flexibility index (Phi) is 4.60. The maximum atomic E-state index is 12.3. The van der Waals surface area contributed by atoms with Crippen molar-refractivity contribution in [3.63, 3.8) is 0 Å². The summed E-state index contributed by atoms with van der Waals surface area (Å²) in [6.45, 7) is 9.79. The molecule has 0 aromatic carbocycles. The number of hydrogen-bond donors (Lipinski definition) is 2. The molecule has 5 nitrogen and oxygen atoms in total. The molecule has 1 atom stereocenters. The van der Waals surface area contributed by atoms with Crippen LogP contribution in [0.1, 0.15) is 26.7 Å². The fourth-order valence-electron chi connectivity index (χ4n) is 3.22. The summed E-state index contributed by atoms with van der Waals surface area (Å²) >= 11 is 0. The highest BCUT2D eigenvalue weighted by Crippen LogP contribution is 2.48. The van der Waals surface area contributed by atoms with E-state index in [1.54, 1.807) is 0 Å². The molecule has 118 valence electrons. The Bertz CT molecular complexity index is 592. The fraction of sp³-hybridized carbons (Fsp3) is 0.600. The van der Waals surface area contributed by atoms with Crippen LogP contribution in [0.4, 0.5) is 0 Å². The van der Waals surface area contributed by atoms with Crippen molar-refractivity contribution >= 4 is 10.2 Å². The van der Waals surface area contributed by atoms with E-state index in [0.717, 1.165) is 36.2 Å². The van der Waals surface area contributed by atoms with Gasteiger partial charge in [-0.25, -0.2) is 0 Å². The van der Waals surface area contributed by atoms with Crippen LogP contribution >= 0.6 is 0 Å². The van der Waals surface area contributed by atoms with Gasteiger partial charge in [0.2, 0.25) is 0 Å². The maximum absolute atomic E-state index is 12.3. The molecule has 0 amide bonds. The predicted octanol–water partition coefficient (Wildman–Crippen LogP) is 1.54. The second-order valence-corrected chi connectivity index (χ2v) is 7.37. The van der Waals surface area contributed by atoms with Crippen LogP contribution in [0, 0.1) is 5.41 Å². The van der Waals surface area contributed by atoms with Crippen molar-refractivity contribution in [2.24, 2.45) is 5.41 Å². The Balaban J connectivity index is 2.58. The monoisotopic (exact) mass is 311 g/mol. The van der Waals surface area contributed by atoms with E-state index in [1.165, 1.54) is 4.31 Å². The third-order valence-corrected chi connectivity index (χ3v) is 5.88. The van der Waals surface area contributed by atoms with Gasteiger partial charge in [0, 0.05) is 18.5 Å². The molecule has 0 aliphatic carbocycles. The Hall–Kier alpha value is -1.11. The van der Waals surface area contributed by atoms with Gasteiger partial charge in [-0.1, -0.05) is 25.7 Å². The van der Waals surface area contributed by atoms with Gasteiger partial charge in [0.15, 0.2) is 0 Å². The molecule has 0 saturated carbocycles. The number of nitrogens with one attached hydrogen (secondary N) is 2. The van der Waals surface area contributed by atoms with Crippen molar-refractivity contribution in [3.8, 4) is 0 Å². The largest absolute Gasteiger partial charge is 0.320 e. The van der Waals surface area contributed by atoms with E-state index in [1.807, 2.05) is 20.0 Å². The molecule has 2 rings (SSSR count). The molecule has 2 N–H and O–H groups in total. The van der Waals surface area contributed by atoms with Gasteiger partial charge in [-0.2, -0.15) is 13.1 Å². The van der Waals surface area contributed by atoms with Crippen LogP contribution in [0.15, 0.2) is 35.6 Å². The number of nitrogens with zero attached hydrogens (tertiary/aromatic N) is 1. The van der Waals surface area contributed by atoms with Gasteiger partial charge < -0.3 is 5.32 Å². The van der Waals surface area contributed by atoms with Crippen molar-refractivity contribution in [3.05, 3.63) is 35.6 Å². The van der Waals surface area contributed by atoms with Gasteiger partial charge in [0.05, 0.1) is 5.70 Å². The minimum absolute atomic E-state index is 0.146. The first-order chi connectivity index (χ1) is 9.91. The molecule has 1 unspecified atom stereocenters. The zero-order valence-electron chi connectivity index (χ0n) is 13.1. The summed E-state index contributed by atoms with van der Waals surface area (Å²) in [7, 11) is -1.52. The normalized spacial score (nSPS) is 28.5. The molecule has 21 heavy (non-hydrogen) atoms. The SMILES string of the molecule is C=C1CNS(=O)(=O)N2CC(CC)(CCNC)C(/C=C\C)=C12. The summed E-state index contributed by atoms with van der Waals surface area (Å²) < 4.78 is 28.8. The predicted molar refractivity (Wildman–Crippen MR) is 85.9 cm³/mol. The minimum atomic E-state index is -3.44. The van der Waals surface area contributed by atoms with Gasteiger partial charge in [0.25, 0.3) is 0 Å². The molecule has 0 radical (unpaired) electrons. The topological polar surface area (TPSA) is 61.4 Å². The summed E-state index contributed by atoms with van der Waals surface area (Å²) in [6.07, 6.45) is 5.84. The Morgan fingerprint density at radius 2 is 2.24 bits per heavy atom. The van der Waals surface area contributed by atoms with Crippen molar-refractivity contribution in [1.82, 2.24) is 14.3 Å². The molecule has 0 aromatic heterocycles. The minimum Gasteiger partial charge on any atom is -0.320 e. The zero-order chi connectivity index (χ0) is 15.7. The molecular formula is C15H25N3O2S. The Morgan fingerprint density at radius 3 is 2.81 bits per heavy atom. The molecule has 0 aromatic rings. The lowest BCUT2D eigenvalue weighted by Gasteiger charge is -2.32. The molecular weight excluding hydrogens is 286 g/mol. The van der Waals surface area contributed by atoms with Crippen LogP contribution in [-0.2, 0) is 10.2 Å². The Morgan fingerprint density at radius 1 is 1.52 bits per heavy atom. The van der Waals surface area contributed by atoms with Crippen LogP contribution < -0.4 is 10.0 Å². The maximum Gasteiger partial charge on any atom is 0.301 e. The number of fused-ring (bicyclic) bond motifs is 1. The lowest BCUT2D eigenvalue weighted by Crippen LogP contribution is -2.46. The van der Waals surface area contributed by atoms with Crippen LogP contribution in [0.3, 0.4) is 0 Å². The van der Waals surface area contributed by atoms with Crippen LogP contribution in [0.5, 0.6) is 0 Å². The van der Waals surface area contributed by atoms with Crippen LogP contribution in [0.2, 0.25) is 0 Å². The molecule has 6 heteroatoms. The van der Waals surface area contributed by atoms with Crippen molar-refractivity contribution in [2.45, 2.75) is 26.7 Å². The van der Waals surface area contributed by atoms with Gasteiger partial charge in [0.1, 0.15) is 0 Å². The molecule has 2 aliphatic heterocycles. The summed E-state index contributed by atoms with van der Waals surface area (Å²) in [5.74, 6) is 0. The third-order valence-electron chi connectivity index (χ3n) is 4.48. The molecule has 2 aliphatic rings. The van der Waals surface area contributed by atoms with Crippen LogP contribution in [0.25, 0.3) is 0 Å². The lowest BCUT2D eigenvalue weighted by atomic mass is 9.75. The van der Waals surface area contributed by atoms with E-state index >= 15 is 0 Å². The smallest absolute Gasteiger partial charge is 0.301 e. The second-order valence-electron chi connectivity index (χ2n) is 5.69. The quantitative estimate of drug-likeness (QED) is 0.810. The fourth-order valence-corrected chi connectivity index (χ4v) is 4.61. The standard InChI is InChI=1S/C15H25N3O2S/c1-5-7-13-14-12(3)10-17-21(19,20)18(14)11-15(13,6-2)8-9-16-4/h5,7,16-17H,3,6,8-11H2,1-2,4H3/b7-5-. The van der Waals surface area contributed by atoms with Gasteiger partial charge in [-0.3, -0.25) is 4.31 Å². The summed E-state index contributed by atoms with van der Waals surface area (Å²) in [5, 5.41) is 3.18. The molecule has 1 fully saturated rings. The highest BCUT2D eigenvalue weighted by Gasteiger charge is 2.48. The number of hydrogen-bond acceptors (Lipinski definition) is 3. The lowest BCUT2D eigenvalue weighted by molar-refractivity contribution is 0.294. The zero-order valence-corrected chi connectivity index (χ0v) is 13.9. The van der Waals surface area contributed by atoms with Gasteiger partial charge in [-0.15, -0.1) is 0 Å². The number of rotatable bonds is 5. The second kappa shape index (κ2) is 5.94. The average Bonchev–Trinajstić information content (AvgIpc) is 2.79. The van der Waals surface area contributed by atoms with Crippen molar-refractivity contribution in [1.29, 1.82) is 0 Å².